The number of imide groups is 1. The Morgan fingerprint density at radius 1 is 1.20 bits per heavy atom. The number of rotatable bonds is 7. The molecule has 1 aliphatic rings. The summed E-state index contributed by atoms with van der Waals surface area (Å²) in [6.45, 7) is 3.54. The SMILES string of the molecule is CCOc1cc(/C=C2/SC(=O)N(c3ccc(Cl)cc3)C2=O)ccc1OC(C)C(=O)O. The van der Waals surface area contributed by atoms with Gasteiger partial charge < -0.3 is 14.6 Å². The number of hydrogen-bond donors (Lipinski definition) is 1. The molecule has 7 nitrogen and oxygen atoms in total. The summed E-state index contributed by atoms with van der Waals surface area (Å²) in [6.07, 6.45) is 0.527. The highest BCUT2D eigenvalue weighted by molar-refractivity contribution is 8.19. The smallest absolute Gasteiger partial charge is 0.344 e. The first-order valence-electron chi connectivity index (χ1n) is 9.00. The lowest BCUT2D eigenvalue weighted by molar-refractivity contribution is -0.144. The fourth-order valence-electron chi connectivity index (χ4n) is 2.65. The van der Waals surface area contributed by atoms with E-state index in [0.717, 1.165) is 16.7 Å². The first-order valence-corrected chi connectivity index (χ1v) is 10.2. The lowest BCUT2D eigenvalue weighted by atomic mass is 10.1. The van der Waals surface area contributed by atoms with E-state index in [1.807, 2.05) is 0 Å². The predicted molar refractivity (Wildman–Crippen MR) is 115 cm³/mol. The molecule has 1 atom stereocenters. The van der Waals surface area contributed by atoms with Crippen LogP contribution < -0.4 is 14.4 Å². The van der Waals surface area contributed by atoms with Crippen molar-refractivity contribution in [2.45, 2.75) is 20.0 Å². The van der Waals surface area contributed by atoms with Crippen molar-refractivity contribution in [1.82, 2.24) is 0 Å². The highest BCUT2D eigenvalue weighted by Gasteiger charge is 2.36. The number of ether oxygens (including phenoxy) is 2. The number of carboxylic acids is 1. The van der Waals surface area contributed by atoms with E-state index in [1.54, 1.807) is 55.5 Å². The predicted octanol–water partition coefficient (Wildman–Crippen LogP) is 4.83. The zero-order valence-electron chi connectivity index (χ0n) is 16.1. The van der Waals surface area contributed by atoms with Gasteiger partial charge in [-0.15, -0.1) is 0 Å². The van der Waals surface area contributed by atoms with Gasteiger partial charge in [0.15, 0.2) is 17.6 Å². The third kappa shape index (κ3) is 4.77. The number of carbonyl (C=O) groups is 3. The average molecular weight is 448 g/mol. The Labute approximate surface area is 182 Å². The molecule has 0 spiro atoms. The number of carboxylic acid groups (broad SMARTS) is 1. The van der Waals surface area contributed by atoms with Crippen molar-refractivity contribution >= 4 is 52.2 Å². The normalized spacial score (nSPS) is 16.1. The molecule has 1 saturated heterocycles. The number of halogens is 1. The van der Waals surface area contributed by atoms with E-state index in [2.05, 4.69) is 0 Å². The topological polar surface area (TPSA) is 93.1 Å². The maximum absolute atomic E-state index is 12.8. The molecule has 1 unspecified atom stereocenters. The molecule has 0 bridgehead atoms. The molecule has 30 heavy (non-hydrogen) atoms. The molecule has 0 saturated carbocycles. The second-order valence-corrected chi connectivity index (χ2v) is 7.66. The second kappa shape index (κ2) is 9.23. The van der Waals surface area contributed by atoms with E-state index >= 15 is 0 Å². The van der Waals surface area contributed by atoms with Gasteiger partial charge in [0.1, 0.15) is 0 Å². The van der Waals surface area contributed by atoms with Gasteiger partial charge in [0, 0.05) is 5.02 Å². The second-order valence-electron chi connectivity index (χ2n) is 6.23. The van der Waals surface area contributed by atoms with E-state index in [1.165, 1.54) is 6.92 Å². The minimum absolute atomic E-state index is 0.255. The average Bonchev–Trinajstić information content (AvgIpc) is 2.98. The van der Waals surface area contributed by atoms with Crippen LogP contribution in [0.2, 0.25) is 5.02 Å². The summed E-state index contributed by atoms with van der Waals surface area (Å²) in [5.74, 6) is -0.919. The Hall–Kier alpha value is -2.97. The molecule has 0 aromatic heterocycles. The Bertz CT molecular complexity index is 1020. The van der Waals surface area contributed by atoms with Crippen molar-refractivity contribution in [3.8, 4) is 11.5 Å². The van der Waals surface area contributed by atoms with E-state index in [0.29, 0.717) is 28.6 Å². The first-order chi connectivity index (χ1) is 14.3. The van der Waals surface area contributed by atoms with Gasteiger partial charge in [0.05, 0.1) is 17.2 Å². The van der Waals surface area contributed by atoms with Crippen LogP contribution in [0.15, 0.2) is 47.4 Å². The van der Waals surface area contributed by atoms with Crippen LogP contribution in [0.1, 0.15) is 19.4 Å². The Morgan fingerprint density at radius 2 is 1.90 bits per heavy atom. The van der Waals surface area contributed by atoms with Crippen molar-refractivity contribution in [1.29, 1.82) is 0 Å². The number of hydrogen-bond acceptors (Lipinski definition) is 6. The maximum Gasteiger partial charge on any atom is 0.344 e. The fourth-order valence-corrected chi connectivity index (χ4v) is 3.62. The molecule has 2 aromatic rings. The zero-order valence-corrected chi connectivity index (χ0v) is 17.7. The number of nitrogens with zero attached hydrogens (tertiary/aromatic N) is 1. The molecule has 0 radical (unpaired) electrons. The van der Waals surface area contributed by atoms with Crippen molar-refractivity contribution < 1.29 is 29.0 Å². The van der Waals surface area contributed by atoms with Gasteiger partial charge in [-0.25, -0.2) is 9.69 Å². The van der Waals surface area contributed by atoms with Crippen molar-refractivity contribution in [2.24, 2.45) is 0 Å². The van der Waals surface area contributed by atoms with Crippen LogP contribution in [0.4, 0.5) is 10.5 Å². The van der Waals surface area contributed by atoms with Gasteiger partial charge in [0.2, 0.25) is 0 Å². The lowest BCUT2D eigenvalue weighted by Crippen LogP contribution is -2.27. The Kier molecular flexibility index (Phi) is 6.69. The largest absolute Gasteiger partial charge is 0.490 e. The van der Waals surface area contributed by atoms with Gasteiger partial charge in [0.25, 0.3) is 11.1 Å². The third-order valence-electron chi connectivity index (χ3n) is 4.10. The van der Waals surface area contributed by atoms with Gasteiger partial charge >= 0.3 is 5.97 Å². The molecule has 1 fully saturated rings. The highest BCUT2D eigenvalue weighted by atomic mass is 35.5. The Morgan fingerprint density at radius 3 is 2.53 bits per heavy atom. The summed E-state index contributed by atoms with van der Waals surface area (Å²) < 4.78 is 11.0. The van der Waals surface area contributed by atoms with E-state index in [4.69, 9.17) is 26.2 Å². The fraction of sp³-hybridized carbons (Fsp3) is 0.190. The van der Waals surface area contributed by atoms with Crippen LogP contribution in [0.25, 0.3) is 6.08 Å². The van der Waals surface area contributed by atoms with Crippen LogP contribution >= 0.6 is 23.4 Å². The maximum atomic E-state index is 12.8. The number of aliphatic carboxylic acids is 1. The summed E-state index contributed by atoms with van der Waals surface area (Å²) >= 11 is 6.70. The van der Waals surface area contributed by atoms with E-state index in [9.17, 15) is 14.4 Å². The number of benzene rings is 2. The molecular formula is C21H18ClNO6S. The van der Waals surface area contributed by atoms with Crippen LogP contribution in [-0.4, -0.2) is 34.9 Å². The van der Waals surface area contributed by atoms with Crippen molar-refractivity contribution in [2.75, 3.05) is 11.5 Å². The molecule has 2 aromatic carbocycles. The van der Waals surface area contributed by atoms with Crippen LogP contribution in [0.5, 0.6) is 11.5 Å². The minimum atomic E-state index is -1.10. The van der Waals surface area contributed by atoms with Crippen molar-refractivity contribution in [3.63, 3.8) is 0 Å². The van der Waals surface area contributed by atoms with E-state index < -0.39 is 23.2 Å². The third-order valence-corrected chi connectivity index (χ3v) is 5.22. The first kappa shape index (κ1) is 21.7. The number of thioether (sulfide) groups is 1. The lowest BCUT2D eigenvalue weighted by Gasteiger charge is -2.15. The molecule has 9 heteroatoms. The zero-order chi connectivity index (χ0) is 21.8. The van der Waals surface area contributed by atoms with Crippen LogP contribution in [0, 0.1) is 0 Å². The molecule has 1 N–H and O–H groups in total. The summed E-state index contributed by atoms with van der Waals surface area (Å²) in [5, 5.41) is 9.13. The van der Waals surface area contributed by atoms with Gasteiger partial charge in [-0.3, -0.25) is 9.59 Å². The summed E-state index contributed by atoms with van der Waals surface area (Å²) in [7, 11) is 0. The van der Waals surface area contributed by atoms with Gasteiger partial charge in [-0.2, -0.15) is 0 Å². The highest BCUT2D eigenvalue weighted by Crippen LogP contribution is 2.37. The van der Waals surface area contributed by atoms with Crippen LogP contribution in [-0.2, 0) is 9.59 Å². The molecule has 1 heterocycles. The van der Waals surface area contributed by atoms with Gasteiger partial charge in [-0.05, 0) is 73.6 Å². The minimum Gasteiger partial charge on any atom is -0.490 e. The summed E-state index contributed by atoms with van der Waals surface area (Å²) in [5.41, 5.74) is 1.04. The quantitative estimate of drug-likeness (QED) is 0.607. The van der Waals surface area contributed by atoms with Gasteiger partial charge in [-0.1, -0.05) is 17.7 Å². The number of carbonyl (C=O) groups excluding carboxylic acids is 2. The molecule has 1 aliphatic heterocycles. The standard InChI is InChI=1S/C21H18ClNO6S/c1-3-28-17-10-13(4-9-16(17)29-12(2)20(25)26)11-18-19(24)23(21(27)30-18)15-7-5-14(22)6-8-15/h4-12H,3H2,1-2H3,(H,25,26)/b18-11+. The molecule has 2 amide bonds. The molecule has 156 valence electrons. The molecule has 0 aliphatic carbocycles. The molecular weight excluding hydrogens is 430 g/mol. The number of anilines is 1. The van der Waals surface area contributed by atoms with Crippen molar-refractivity contribution in [3.05, 3.63) is 58.0 Å². The summed E-state index contributed by atoms with van der Waals surface area (Å²) in [4.78, 5) is 37.5. The van der Waals surface area contributed by atoms with Crippen LogP contribution in [0.3, 0.4) is 0 Å². The monoisotopic (exact) mass is 447 g/mol. The Balaban J connectivity index is 1.87. The number of amides is 2. The molecule has 3 rings (SSSR count). The summed E-state index contributed by atoms with van der Waals surface area (Å²) in [6, 6.07) is 11.3. The van der Waals surface area contributed by atoms with E-state index in [-0.39, 0.29) is 10.7 Å².